The molecule has 0 bridgehead atoms. The summed E-state index contributed by atoms with van der Waals surface area (Å²) in [5.41, 5.74) is 1.09. The zero-order chi connectivity index (χ0) is 16.7. The second-order valence-corrected chi connectivity index (χ2v) is 4.96. The van der Waals surface area contributed by atoms with E-state index < -0.39 is 4.92 Å². The van der Waals surface area contributed by atoms with Crippen molar-refractivity contribution in [3.8, 4) is 0 Å². The molecule has 1 N–H and O–H groups in total. The Labute approximate surface area is 134 Å². The fraction of sp³-hybridized carbons (Fsp3) is 0.235. The molecule has 0 fully saturated rings. The molecule has 23 heavy (non-hydrogen) atoms. The molecule has 0 aliphatic rings. The number of benzene rings is 2. The maximum absolute atomic E-state index is 12.4. The van der Waals surface area contributed by atoms with Crippen molar-refractivity contribution in [1.29, 1.82) is 0 Å². The standard InChI is InChI=1S/C17H18N2O4/c1-23-11-5-10-18-15-9-8-14(12-16(15)19(21)22)17(20)13-6-3-2-4-7-13/h2-4,6-9,12,18H,5,10-11H2,1H3. The molecular weight excluding hydrogens is 296 g/mol. The Morgan fingerprint density at radius 2 is 1.91 bits per heavy atom. The van der Waals surface area contributed by atoms with Crippen LogP contribution in [-0.2, 0) is 4.74 Å². The fourth-order valence-electron chi connectivity index (χ4n) is 2.17. The zero-order valence-corrected chi connectivity index (χ0v) is 12.8. The van der Waals surface area contributed by atoms with E-state index in [1.807, 2.05) is 6.07 Å². The van der Waals surface area contributed by atoms with Crippen LogP contribution in [0, 0.1) is 10.1 Å². The number of hydrogen-bond acceptors (Lipinski definition) is 5. The molecule has 0 aliphatic heterocycles. The van der Waals surface area contributed by atoms with Crippen molar-refractivity contribution in [2.45, 2.75) is 6.42 Å². The van der Waals surface area contributed by atoms with Crippen LogP contribution in [0.1, 0.15) is 22.3 Å². The van der Waals surface area contributed by atoms with Crippen molar-refractivity contribution in [1.82, 2.24) is 0 Å². The quantitative estimate of drug-likeness (QED) is 0.350. The molecule has 2 aromatic rings. The number of carbonyl (C=O) groups is 1. The summed E-state index contributed by atoms with van der Waals surface area (Å²) in [5, 5.41) is 14.3. The van der Waals surface area contributed by atoms with Crippen LogP contribution < -0.4 is 5.32 Å². The van der Waals surface area contributed by atoms with Gasteiger partial charge in [-0.15, -0.1) is 0 Å². The molecule has 0 aliphatic carbocycles. The minimum absolute atomic E-state index is 0.107. The minimum Gasteiger partial charge on any atom is -0.385 e. The van der Waals surface area contributed by atoms with Gasteiger partial charge in [0, 0.05) is 37.5 Å². The Balaban J connectivity index is 2.22. The number of ether oxygens (including phenoxy) is 1. The van der Waals surface area contributed by atoms with Crippen molar-refractivity contribution in [3.63, 3.8) is 0 Å². The smallest absolute Gasteiger partial charge is 0.293 e. The molecule has 6 nitrogen and oxygen atoms in total. The van der Waals surface area contributed by atoms with Gasteiger partial charge in [-0.2, -0.15) is 0 Å². The molecule has 6 heteroatoms. The highest BCUT2D eigenvalue weighted by Gasteiger charge is 2.18. The summed E-state index contributed by atoms with van der Waals surface area (Å²) in [6, 6.07) is 13.2. The van der Waals surface area contributed by atoms with Gasteiger partial charge in [0.15, 0.2) is 5.78 Å². The number of nitrogens with one attached hydrogen (secondary N) is 1. The van der Waals surface area contributed by atoms with Crippen LogP contribution in [0.25, 0.3) is 0 Å². The van der Waals surface area contributed by atoms with Crippen molar-refractivity contribution in [3.05, 3.63) is 69.8 Å². The SMILES string of the molecule is COCCCNc1ccc(C(=O)c2ccccc2)cc1[N+](=O)[O-]. The molecule has 0 saturated carbocycles. The van der Waals surface area contributed by atoms with Crippen molar-refractivity contribution < 1.29 is 14.5 Å². The minimum atomic E-state index is -0.486. The summed E-state index contributed by atoms with van der Waals surface area (Å²) in [6.07, 6.45) is 0.734. The number of nitro benzene ring substituents is 1. The fourth-order valence-corrected chi connectivity index (χ4v) is 2.17. The van der Waals surface area contributed by atoms with Crippen LogP contribution in [-0.4, -0.2) is 31.0 Å². The average molecular weight is 314 g/mol. The van der Waals surface area contributed by atoms with E-state index in [-0.39, 0.29) is 11.5 Å². The molecule has 0 atom stereocenters. The molecule has 0 spiro atoms. The lowest BCUT2D eigenvalue weighted by Gasteiger charge is -2.08. The van der Waals surface area contributed by atoms with Gasteiger partial charge in [0.25, 0.3) is 5.69 Å². The summed E-state index contributed by atoms with van der Waals surface area (Å²) in [4.78, 5) is 23.1. The van der Waals surface area contributed by atoms with Crippen molar-refractivity contribution in [2.75, 3.05) is 25.6 Å². The maximum atomic E-state index is 12.4. The third-order valence-electron chi connectivity index (χ3n) is 3.33. The van der Waals surface area contributed by atoms with Crippen LogP contribution in [0.2, 0.25) is 0 Å². The Morgan fingerprint density at radius 1 is 1.17 bits per heavy atom. The first-order chi connectivity index (χ1) is 11.1. The number of nitrogens with zero attached hydrogens (tertiary/aromatic N) is 1. The number of hydrogen-bond donors (Lipinski definition) is 1. The van der Waals surface area contributed by atoms with Gasteiger partial charge in [0.05, 0.1) is 4.92 Å². The first-order valence-corrected chi connectivity index (χ1v) is 7.24. The van der Waals surface area contributed by atoms with Crippen LogP contribution in [0.5, 0.6) is 0 Å². The second kappa shape index (κ2) is 8.05. The molecule has 0 aromatic heterocycles. The van der Waals surface area contributed by atoms with Crippen LogP contribution >= 0.6 is 0 Å². The number of rotatable bonds is 8. The number of ketones is 1. The highest BCUT2D eigenvalue weighted by atomic mass is 16.6. The van der Waals surface area contributed by atoms with E-state index in [2.05, 4.69) is 5.32 Å². The van der Waals surface area contributed by atoms with E-state index in [0.29, 0.717) is 30.0 Å². The van der Waals surface area contributed by atoms with Gasteiger partial charge in [-0.1, -0.05) is 30.3 Å². The first kappa shape index (κ1) is 16.6. The maximum Gasteiger partial charge on any atom is 0.293 e. The molecule has 2 rings (SSSR count). The van der Waals surface area contributed by atoms with E-state index in [1.165, 1.54) is 6.07 Å². The molecule has 0 amide bonds. The van der Waals surface area contributed by atoms with Crippen LogP contribution in [0.15, 0.2) is 48.5 Å². The lowest BCUT2D eigenvalue weighted by atomic mass is 10.0. The van der Waals surface area contributed by atoms with Gasteiger partial charge < -0.3 is 10.1 Å². The molecule has 0 unspecified atom stereocenters. The number of nitro groups is 1. The van der Waals surface area contributed by atoms with Gasteiger partial charge in [0.2, 0.25) is 0 Å². The molecular formula is C17H18N2O4. The number of carbonyl (C=O) groups excluding carboxylic acids is 1. The third-order valence-corrected chi connectivity index (χ3v) is 3.33. The molecule has 2 aromatic carbocycles. The lowest BCUT2D eigenvalue weighted by molar-refractivity contribution is -0.384. The largest absolute Gasteiger partial charge is 0.385 e. The Bertz CT molecular complexity index is 686. The molecule has 0 heterocycles. The van der Waals surface area contributed by atoms with Gasteiger partial charge in [-0.05, 0) is 18.6 Å². The molecule has 0 saturated heterocycles. The van der Waals surface area contributed by atoms with E-state index in [9.17, 15) is 14.9 Å². The second-order valence-electron chi connectivity index (χ2n) is 4.96. The van der Waals surface area contributed by atoms with E-state index in [1.54, 1.807) is 43.5 Å². The summed E-state index contributed by atoms with van der Waals surface area (Å²) >= 11 is 0. The van der Waals surface area contributed by atoms with E-state index >= 15 is 0 Å². The Kier molecular flexibility index (Phi) is 5.82. The van der Waals surface area contributed by atoms with Crippen LogP contribution in [0.3, 0.4) is 0 Å². The van der Waals surface area contributed by atoms with Gasteiger partial charge in [-0.25, -0.2) is 0 Å². The van der Waals surface area contributed by atoms with Gasteiger partial charge >= 0.3 is 0 Å². The predicted molar refractivity (Wildman–Crippen MR) is 88.0 cm³/mol. The van der Waals surface area contributed by atoms with Gasteiger partial charge in [0.1, 0.15) is 5.69 Å². The normalized spacial score (nSPS) is 10.3. The summed E-state index contributed by atoms with van der Waals surface area (Å²) < 4.78 is 4.94. The Hall–Kier alpha value is -2.73. The zero-order valence-electron chi connectivity index (χ0n) is 12.8. The van der Waals surface area contributed by atoms with E-state index in [0.717, 1.165) is 6.42 Å². The monoisotopic (exact) mass is 314 g/mol. The number of anilines is 1. The summed E-state index contributed by atoms with van der Waals surface area (Å²) in [5.74, 6) is -0.236. The van der Waals surface area contributed by atoms with Crippen molar-refractivity contribution in [2.24, 2.45) is 0 Å². The molecule has 120 valence electrons. The first-order valence-electron chi connectivity index (χ1n) is 7.24. The third kappa shape index (κ3) is 4.37. The van der Waals surface area contributed by atoms with Gasteiger partial charge in [-0.3, -0.25) is 14.9 Å². The highest BCUT2D eigenvalue weighted by Crippen LogP contribution is 2.26. The van der Waals surface area contributed by atoms with Crippen LogP contribution in [0.4, 0.5) is 11.4 Å². The topological polar surface area (TPSA) is 81.5 Å². The summed E-state index contributed by atoms with van der Waals surface area (Å²) in [6.45, 7) is 1.13. The Morgan fingerprint density at radius 3 is 2.57 bits per heavy atom. The van der Waals surface area contributed by atoms with Crippen molar-refractivity contribution >= 4 is 17.2 Å². The van der Waals surface area contributed by atoms with E-state index in [4.69, 9.17) is 4.74 Å². The average Bonchev–Trinajstić information content (AvgIpc) is 2.59. The lowest BCUT2D eigenvalue weighted by Crippen LogP contribution is -2.08. The molecule has 0 radical (unpaired) electrons. The predicted octanol–water partition coefficient (Wildman–Crippen LogP) is 3.27. The summed E-state index contributed by atoms with van der Waals surface area (Å²) in [7, 11) is 1.60. The highest BCUT2D eigenvalue weighted by molar-refractivity contribution is 6.09. The number of methoxy groups -OCH3 is 1.